The molecule has 0 aliphatic rings. The number of aryl methyl sites for hydroxylation is 2. The van der Waals surface area contributed by atoms with Crippen LogP contribution >= 0.6 is 0 Å². The van der Waals surface area contributed by atoms with Crippen molar-refractivity contribution < 1.29 is 45.7 Å². The van der Waals surface area contributed by atoms with E-state index < -0.39 is 32.2 Å². The van der Waals surface area contributed by atoms with Gasteiger partial charge in [0.25, 0.3) is 20.2 Å². The maximum atomic E-state index is 10.5. The van der Waals surface area contributed by atoms with Gasteiger partial charge >= 0.3 is 11.9 Å². The zero-order valence-electron chi connectivity index (χ0n) is 18.0. The van der Waals surface area contributed by atoms with Gasteiger partial charge in [0.1, 0.15) is 0 Å². The quantitative estimate of drug-likeness (QED) is 0.378. The van der Waals surface area contributed by atoms with Crippen LogP contribution < -0.4 is 0 Å². The van der Waals surface area contributed by atoms with Crippen LogP contribution in [0.2, 0.25) is 0 Å². The number of carboxylic acid groups (broad SMARTS) is 2. The molecule has 34 heavy (non-hydrogen) atoms. The summed E-state index contributed by atoms with van der Waals surface area (Å²) in [5, 5.41) is 16.9. The Morgan fingerprint density at radius 2 is 0.765 bits per heavy atom. The largest absolute Gasteiger partial charge is 0.478 e. The topological polar surface area (TPSA) is 183 Å². The molecule has 4 N–H and O–H groups in total. The standard InChI is InChI=1S/C8H6O4.2C7H8O3S/c9-7(10)5-1-2-6(4-3-5)8(11)12;2*1-6-2-4-7(5-3-6)11(8,9)10/h1-4H,(H,9,10)(H,11,12);2*2-5H,1H3,(H,8,9,10). The molecule has 0 aliphatic carbocycles. The monoisotopic (exact) mass is 510 g/mol. The van der Waals surface area contributed by atoms with Crippen LogP contribution in [0.1, 0.15) is 31.8 Å². The van der Waals surface area contributed by atoms with E-state index in [4.69, 9.17) is 19.3 Å². The number of aromatic carboxylic acids is 2. The number of benzene rings is 3. The van der Waals surface area contributed by atoms with Gasteiger partial charge in [-0.15, -0.1) is 0 Å². The second-order valence-corrected chi connectivity index (χ2v) is 9.61. The van der Waals surface area contributed by atoms with E-state index in [0.717, 1.165) is 11.1 Å². The Kier molecular flexibility index (Phi) is 10.1. The fraction of sp³-hybridized carbons (Fsp3) is 0.0909. The molecule has 0 aromatic heterocycles. The molecule has 3 aromatic rings. The molecule has 3 aromatic carbocycles. The summed E-state index contributed by atoms with van der Waals surface area (Å²) in [5.74, 6) is -2.13. The Bertz CT molecular complexity index is 1220. The number of hydrogen-bond donors (Lipinski definition) is 4. The van der Waals surface area contributed by atoms with Gasteiger partial charge in [0, 0.05) is 0 Å². The van der Waals surface area contributed by atoms with Gasteiger partial charge in [-0.1, -0.05) is 35.4 Å². The summed E-state index contributed by atoms with van der Waals surface area (Å²) in [6.45, 7) is 3.68. The van der Waals surface area contributed by atoms with Crippen LogP contribution in [-0.4, -0.2) is 48.1 Å². The predicted molar refractivity (Wildman–Crippen MR) is 122 cm³/mol. The van der Waals surface area contributed by atoms with Crippen molar-refractivity contribution in [1.82, 2.24) is 0 Å². The van der Waals surface area contributed by atoms with Crippen LogP contribution in [0.5, 0.6) is 0 Å². The summed E-state index contributed by atoms with van der Waals surface area (Å²) in [6, 6.07) is 17.0. The minimum Gasteiger partial charge on any atom is -0.478 e. The van der Waals surface area contributed by atoms with Crippen molar-refractivity contribution in [3.05, 3.63) is 95.1 Å². The highest BCUT2D eigenvalue weighted by Crippen LogP contribution is 2.09. The second kappa shape index (κ2) is 12.0. The van der Waals surface area contributed by atoms with Crippen LogP contribution in [0.15, 0.2) is 82.6 Å². The third kappa shape index (κ3) is 9.92. The summed E-state index contributed by atoms with van der Waals surface area (Å²) >= 11 is 0. The first-order valence-electron chi connectivity index (χ1n) is 9.26. The molecule has 3 rings (SSSR count). The average Bonchev–Trinajstić information content (AvgIpc) is 2.74. The molecule has 0 fully saturated rings. The molecule has 0 atom stereocenters. The molecule has 0 saturated heterocycles. The SMILES string of the molecule is Cc1ccc(S(=O)(=O)O)cc1.Cc1ccc(S(=O)(=O)O)cc1.O=C(O)c1ccc(C(=O)O)cc1. The van der Waals surface area contributed by atoms with E-state index in [0.29, 0.717) is 0 Å². The van der Waals surface area contributed by atoms with Crippen molar-refractivity contribution in [3.8, 4) is 0 Å². The van der Waals surface area contributed by atoms with E-state index in [1.807, 2.05) is 13.8 Å². The highest BCUT2D eigenvalue weighted by atomic mass is 32.2. The first-order valence-corrected chi connectivity index (χ1v) is 12.1. The van der Waals surface area contributed by atoms with E-state index in [1.54, 1.807) is 24.3 Å². The van der Waals surface area contributed by atoms with E-state index in [1.165, 1.54) is 48.5 Å². The first-order chi connectivity index (χ1) is 15.6. The van der Waals surface area contributed by atoms with E-state index >= 15 is 0 Å². The average molecular weight is 511 g/mol. The van der Waals surface area contributed by atoms with Gasteiger partial charge in [-0.25, -0.2) is 9.59 Å². The van der Waals surface area contributed by atoms with Gasteiger partial charge in [-0.2, -0.15) is 16.8 Å². The molecule has 12 heteroatoms. The summed E-state index contributed by atoms with van der Waals surface area (Å²) in [4.78, 5) is 20.5. The predicted octanol–water partition coefficient (Wildman–Crippen LogP) is 3.57. The van der Waals surface area contributed by atoms with Gasteiger partial charge in [-0.05, 0) is 62.4 Å². The Hall–Kier alpha value is -3.58. The fourth-order valence-electron chi connectivity index (χ4n) is 2.18. The molecule has 0 aliphatic heterocycles. The summed E-state index contributed by atoms with van der Waals surface area (Å²) in [5.41, 5.74) is 2.08. The van der Waals surface area contributed by atoms with Crippen LogP contribution in [0.3, 0.4) is 0 Å². The highest BCUT2D eigenvalue weighted by molar-refractivity contribution is 7.86. The second-order valence-electron chi connectivity index (χ2n) is 6.76. The van der Waals surface area contributed by atoms with Crippen molar-refractivity contribution in [1.29, 1.82) is 0 Å². The lowest BCUT2D eigenvalue weighted by molar-refractivity contribution is 0.0681. The minimum absolute atomic E-state index is 0.0666. The lowest BCUT2D eigenvalue weighted by atomic mass is 10.1. The van der Waals surface area contributed by atoms with Crippen molar-refractivity contribution in [2.45, 2.75) is 23.6 Å². The van der Waals surface area contributed by atoms with Crippen molar-refractivity contribution >= 4 is 32.2 Å². The molecule has 0 bridgehead atoms. The summed E-state index contributed by atoms with van der Waals surface area (Å²) < 4.78 is 59.1. The van der Waals surface area contributed by atoms with Crippen LogP contribution in [0.4, 0.5) is 0 Å². The molecule has 0 heterocycles. The number of hydrogen-bond acceptors (Lipinski definition) is 6. The molecule has 0 radical (unpaired) electrons. The third-order valence-electron chi connectivity index (χ3n) is 4.02. The molecule has 10 nitrogen and oxygen atoms in total. The highest BCUT2D eigenvalue weighted by Gasteiger charge is 2.08. The van der Waals surface area contributed by atoms with E-state index in [2.05, 4.69) is 0 Å². The maximum absolute atomic E-state index is 10.5. The van der Waals surface area contributed by atoms with Crippen molar-refractivity contribution in [3.63, 3.8) is 0 Å². The van der Waals surface area contributed by atoms with Crippen molar-refractivity contribution in [2.24, 2.45) is 0 Å². The zero-order valence-corrected chi connectivity index (χ0v) is 19.6. The van der Waals surface area contributed by atoms with Gasteiger partial charge in [0.2, 0.25) is 0 Å². The first kappa shape index (κ1) is 28.5. The lowest BCUT2D eigenvalue weighted by Gasteiger charge is -1.95. The van der Waals surface area contributed by atoms with Crippen LogP contribution in [-0.2, 0) is 20.2 Å². The van der Waals surface area contributed by atoms with Gasteiger partial charge in [-0.3, -0.25) is 9.11 Å². The van der Waals surface area contributed by atoms with Crippen molar-refractivity contribution in [2.75, 3.05) is 0 Å². The zero-order chi connectivity index (χ0) is 26.1. The molecule has 0 saturated carbocycles. The molecular formula is C22H22O10S2. The molecule has 182 valence electrons. The fourth-order valence-corrected chi connectivity index (χ4v) is 3.14. The molecule has 0 spiro atoms. The van der Waals surface area contributed by atoms with Gasteiger partial charge in [0.15, 0.2) is 0 Å². The smallest absolute Gasteiger partial charge is 0.335 e. The lowest BCUT2D eigenvalue weighted by Crippen LogP contribution is -1.99. The number of carbonyl (C=O) groups is 2. The Morgan fingerprint density at radius 1 is 0.529 bits per heavy atom. The molecule has 0 amide bonds. The Balaban J connectivity index is 0.000000255. The Labute approximate surface area is 196 Å². The van der Waals surface area contributed by atoms with E-state index in [9.17, 15) is 26.4 Å². The van der Waals surface area contributed by atoms with E-state index in [-0.39, 0.29) is 20.9 Å². The maximum Gasteiger partial charge on any atom is 0.335 e. The van der Waals surface area contributed by atoms with Gasteiger partial charge in [0.05, 0.1) is 20.9 Å². The third-order valence-corrected chi connectivity index (χ3v) is 5.75. The molecular weight excluding hydrogens is 488 g/mol. The summed E-state index contributed by atoms with van der Waals surface area (Å²) in [6.07, 6.45) is 0. The molecule has 0 unspecified atom stereocenters. The minimum atomic E-state index is -4.02. The van der Waals surface area contributed by atoms with Crippen LogP contribution in [0.25, 0.3) is 0 Å². The number of rotatable bonds is 4. The number of carboxylic acids is 2. The van der Waals surface area contributed by atoms with Gasteiger partial charge < -0.3 is 10.2 Å². The Morgan fingerprint density at radius 3 is 0.941 bits per heavy atom. The summed E-state index contributed by atoms with van der Waals surface area (Å²) in [7, 11) is -8.04. The normalized spacial score (nSPS) is 10.7. The van der Waals surface area contributed by atoms with Crippen LogP contribution in [0, 0.1) is 13.8 Å².